The van der Waals surface area contributed by atoms with Gasteiger partial charge in [-0.25, -0.2) is 0 Å². The van der Waals surface area contributed by atoms with Crippen LogP contribution in [0.15, 0.2) is 46.2 Å². The lowest BCUT2D eigenvalue weighted by Crippen LogP contribution is -2.18. The second-order valence-electron chi connectivity index (χ2n) is 7.64. The van der Waals surface area contributed by atoms with Gasteiger partial charge in [0.2, 0.25) is 11.7 Å². The van der Waals surface area contributed by atoms with Crippen molar-refractivity contribution in [2.45, 2.75) is 43.3 Å². The molecular formula is C22H24N4O4S. The Balaban J connectivity index is 1.29. The summed E-state index contributed by atoms with van der Waals surface area (Å²) in [5.41, 5.74) is 0.680. The Kier molecular flexibility index (Phi) is 5.84. The predicted octanol–water partition coefficient (Wildman–Crippen LogP) is 4.55. The van der Waals surface area contributed by atoms with Crippen LogP contribution in [0.4, 0.5) is 5.69 Å². The van der Waals surface area contributed by atoms with Gasteiger partial charge in [0.15, 0.2) is 22.4 Å². The summed E-state index contributed by atoms with van der Waals surface area (Å²) >= 11 is 1.39. The summed E-state index contributed by atoms with van der Waals surface area (Å²) in [7, 11) is 0. The molecule has 2 aliphatic rings. The zero-order valence-corrected chi connectivity index (χ0v) is 17.9. The first kappa shape index (κ1) is 20.0. The molecule has 31 heavy (non-hydrogen) atoms. The zero-order chi connectivity index (χ0) is 21.0. The molecule has 1 saturated carbocycles. The molecule has 0 atom stereocenters. The van der Waals surface area contributed by atoms with E-state index >= 15 is 0 Å². The third-order valence-electron chi connectivity index (χ3n) is 5.50. The molecule has 1 aromatic carbocycles. The van der Waals surface area contributed by atoms with Crippen LogP contribution in [0.2, 0.25) is 0 Å². The van der Waals surface area contributed by atoms with E-state index in [1.54, 1.807) is 12.3 Å². The van der Waals surface area contributed by atoms with Crippen LogP contribution in [0.3, 0.4) is 0 Å². The first-order chi connectivity index (χ1) is 15.3. The van der Waals surface area contributed by atoms with Crippen LogP contribution in [-0.2, 0) is 4.79 Å². The van der Waals surface area contributed by atoms with Gasteiger partial charge in [0.1, 0.15) is 13.2 Å². The van der Waals surface area contributed by atoms with Crippen molar-refractivity contribution in [3.8, 4) is 23.1 Å². The largest absolute Gasteiger partial charge is 0.486 e. The Morgan fingerprint density at radius 3 is 2.74 bits per heavy atom. The summed E-state index contributed by atoms with van der Waals surface area (Å²) in [6, 6.07) is 9.49. The number of furan rings is 1. The van der Waals surface area contributed by atoms with Crippen LogP contribution in [0, 0.1) is 0 Å². The Hall–Kier alpha value is -2.94. The van der Waals surface area contributed by atoms with E-state index in [0.717, 1.165) is 23.8 Å². The van der Waals surface area contributed by atoms with Crippen LogP contribution in [0.25, 0.3) is 11.6 Å². The maximum Gasteiger partial charge on any atom is 0.234 e. The van der Waals surface area contributed by atoms with Crippen molar-refractivity contribution in [1.29, 1.82) is 0 Å². The highest BCUT2D eigenvalue weighted by atomic mass is 32.2. The number of hydrogen-bond acceptors (Lipinski definition) is 7. The number of ether oxygens (including phenoxy) is 2. The quantitative estimate of drug-likeness (QED) is 0.563. The number of aromatic nitrogens is 3. The molecule has 1 aliphatic heterocycles. The highest BCUT2D eigenvalue weighted by Crippen LogP contribution is 2.36. The number of carbonyl (C=O) groups excluding carboxylic acids is 1. The summed E-state index contributed by atoms with van der Waals surface area (Å²) in [5.74, 6) is 2.90. The third kappa shape index (κ3) is 4.41. The van der Waals surface area contributed by atoms with Gasteiger partial charge >= 0.3 is 0 Å². The fourth-order valence-electron chi connectivity index (χ4n) is 4.07. The minimum absolute atomic E-state index is 0.112. The first-order valence-corrected chi connectivity index (χ1v) is 11.6. The fourth-order valence-corrected chi connectivity index (χ4v) is 4.87. The minimum atomic E-state index is -0.112. The van der Waals surface area contributed by atoms with Gasteiger partial charge in [-0.3, -0.25) is 9.36 Å². The molecule has 1 amide bonds. The molecular weight excluding hydrogens is 416 g/mol. The molecule has 3 heterocycles. The average molecular weight is 441 g/mol. The van der Waals surface area contributed by atoms with Crippen LogP contribution < -0.4 is 14.8 Å². The molecule has 2 aromatic heterocycles. The topological polar surface area (TPSA) is 91.4 Å². The van der Waals surface area contributed by atoms with Gasteiger partial charge in [0, 0.05) is 17.8 Å². The van der Waals surface area contributed by atoms with E-state index in [2.05, 4.69) is 20.1 Å². The Morgan fingerprint density at radius 1 is 1.10 bits per heavy atom. The third-order valence-corrected chi connectivity index (χ3v) is 6.45. The van der Waals surface area contributed by atoms with Crippen molar-refractivity contribution in [1.82, 2.24) is 14.8 Å². The molecule has 0 saturated heterocycles. The molecule has 1 fully saturated rings. The number of anilines is 1. The smallest absolute Gasteiger partial charge is 0.234 e. The molecule has 0 radical (unpaired) electrons. The lowest BCUT2D eigenvalue weighted by molar-refractivity contribution is -0.113. The fraction of sp³-hybridized carbons (Fsp3) is 0.409. The first-order valence-electron chi connectivity index (χ1n) is 10.6. The van der Waals surface area contributed by atoms with E-state index in [4.69, 9.17) is 13.9 Å². The number of amides is 1. The second-order valence-corrected chi connectivity index (χ2v) is 8.58. The molecule has 0 bridgehead atoms. The highest BCUT2D eigenvalue weighted by Gasteiger charge is 2.25. The van der Waals surface area contributed by atoms with Gasteiger partial charge in [-0.2, -0.15) is 0 Å². The van der Waals surface area contributed by atoms with Gasteiger partial charge in [0.05, 0.1) is 12.0 Å². The molecule has 162 valence electrons. The van der Waals surface area contributed by atoms with Gasteiger partial charge < -0.3 is 19.2 Å². The van der Waals surface area contributed by atoms with E-state index in [1.807, 2.05) is 24.3 Å². The monoisotopic (exact) mass is 440 g/mol. The number of hydrogen-bond donors (Lipinski definition) is 1. The van der Waals surface area contributed by atoms with Gasteiger partial charge in [-0.15, -0.1) is 10.2 Å². The Morgan fingerprint density at radius 2 is 1.94 bits per heavy atom. The second kappa shape index (κ2) is 9.05. The molecule has 9 heteroatoms. The number of nitrogens with one attached hydrogen (secondary N) is 1. The normalized spacial score (nSPS) is 16.3. The van der Waals surface area contributed by atoms with Crippen molar-refractivity contribution < 1.29 is 18.7 Å². The molecule has 0 spiro atoms. The average Bonchev–Trinajstić information content (AvgIpc) is 3.48. The zero-order valence-electron chi connectivity index (χ0n) is 17.1. The van der Waals surface area contributed by atoms with E-state index in [0.29, 0.717) is 42.2 Å². The molecule has 1 N–H and O–H groups in total. The maximum absolute atomic E-state index is 12.6. The van der Waals surface area contributed by atoms with E-state index in [9.17, 15) is 4.79 Å². The summed E-state index contributed by atoms with van der Waals surface area (Å²) in [6.45, 7) is 1.05. The Bertz CT molecular complexity index is 1040. The van der Waals surface area contributed by atoms with Gasteiger partial charge in [-0.1, -0.05) is 31.0 Å². The highest BCUT2D eigenvalue weighted by molar-refractivity contribution is 7.99. The molecule has 8 nitrogen and oxygen atoms in total. The summed E-state index contributed by atoms with van der Waals surface area (Å²) in [5, 5.41) is 12.4. The molecule has 1 aliphatic carbocycles. The van der Waals surface area contributed by atoms with Crippen molar-refractivity contribution in [2.75, 3.05) is 24.3 Å². The minimum Gasteiger partial charge on any atom is -0.486 e. The standard InChI is InChI=1S/C22H24N4O4S/c27-20(23-15-8-9-17-19(13-15)30-12-11-29-17)14-31-22-25-24-21(18-7-4-10-28-18)26(22)16-5-2-1-3-6-16/h4,7-10,13,16H,1-3,5-6,11-12,14H2,(H,23,27). The number of rotatable bonds is 6. The molecule has 3 aromatic rings. The van der Waals surface area contributed by atoms with Crippen molar-refractivity contribution in [3.63, 3.8) is 0 Å². The van der Waals surface area contributed by atoms with Crippen LogP contribution in [0.1, 0.15) is 38.1 Å². The SMILES string of the molecule is O=C(CSc1nnc(-c2ccco2)n1C1CCCCC1)Nc1ccc2c(c1)OCCO2. The van der Waals surface area contributed by atoms with E-state index in [-0.39, 0.29) is 11.7 Å². The van der Waals surface area contributed by atoms with Crippen molar-refractivity contribution >= 4 is 23.4 Å². The van der Waals surface area contributed by atoms with E-state index < -0.39 is 0 Å². The molecule has 0 unspecified atom stereocenters. The Labute approximate surface area is 184 Å². The summed E-state index contributed by atoms with van der Waals surface area (Å²) < 4.78 is 18.8. The number of fused-ring (bicyclic) bond motifs is 1. The lowest BCUT2D eigenvalue weighted by atomic mass is 9.95. The number of benzene rings is 1. The van der Waals surface area contributed by atoms with Gasteiger partial charge in [0.25, 0.3) is 0 Å². The van der Waals surface area contributed by atoms with Crippen molar-refractivity contribution in [3.05, 3.63) is 36.6 Å². The van der Waals surface area contributed by atoms with Crippen LogP contribution in [0.5, 0.6) is 11.5 Å². The number of nitrogens with zero attached hydrogens (tertiary/aromatic N) is 3. The summed E-state index contributed by atoms with van der Waals surface area (Å²) in [4.78, 5) is 12.6. The molecule has 5 rings (SSSR count). The van der Waals surface area contributed by atoms with Crippen LogP contribution >= 0.6 is 11.8 Å². The summed E-state index contributed by atoms with van der Waals surface area (Å²) in [6.07, 6.45) is 7.45. The van der Waals surface area contributed by atoms with E-state index in [1.165, 1.54) is 31.0 Å². The van der Waals surface area contributed by atoms with Crippen LogP contribution in [-0.4, -0.2) is 39.6 Å². The van der Waals surface area contributed by atoms with Crippen molar-refractivity contribution in [2.24, 2.45) is 0 Å². The number of carbonyl (C=O) groups is 1. The predicted molar refractivity (Wildman–Crippen MR) is 117 cm³/mol. The number of thioether (sulfide) groups is 1. The van der Waals surface area contributed by atoms with Gasteiger partial charge in [-0.05, 0) is 37.1 Å². The lowest BCUT2D eigenvalue weighted by Gasteiger charge is -2.25. The maximum atomic E-state index is 12.6.